The van der Waals surface area contributed by atoms with Crippen molar-refractivity contribution in [2.75, 3.05) is 46.6 Å². The molecule has 8 unspecified atom stereocenters. The van der Waals surface area contributed by atoms with Crippen LogP contribution in [0.15, 0.2) is 0 Å². The van der Waals surface area contributed by atoms with Gasteiger partial charge in [0, 0.05) is 26.1 Å². The van der Waals surface area contributed by atoms with Gasteiger partial charge in [-0.15, -0.1) is 0 Å². The number of fused-ring (bicyclic) bond motifs is 5. The molecule has 0 amide bonds. The zero-order chi connectivity index (χ0) is 23.6. The summed E-state index contributed by atoms with van der Waals surface area (Å²) in [5, 5.41) is 0. The number of Topliss-reactive ketones (excluding diaryl/α,β-unsaturated/α-hetero) is 1. The highest BCUT2D eigenvalue weighted by Crippen LogP contribution is 2.68. The van der Waals surface area contributed by atoms with E-state index in [2.05, 4.69) is 18.7 Å². The Labute approximate surface area is 203 Å². The molecule has 33 heavy (non-hydrogen) atoms. The average molecular weight is 462 g/mol. The molecule has 1 saturated heterocycles. The summed E-state index contributed by atoms with van der Waals surface area (Å²) in [7, 11) is 1.93. The second-order valence-electron chi connectivity index (χ2n) is 12.2. The van der Waals surface area contributed by atoms with Gasteiger partial charge in [-0.2, -0.15) is 0 Å². The predicted molar refractivity (Wildman–Crippen MR) is 134 cm³/mol. The summed E-state index contributed by atoms with van der Waals surface area (Å²) in [4.78, 5) is 15.8. The summed E-state index contributed by atoms with van der Waals surface area (Å²) in [6.07, 6.45) is 12.0. The van der Waals surface area contributed by atoms with Crippen molar-refractivity contribution < 1.29 is 14.3 Å². The summed E-state index contributed by atoms with van der Waals surface area (Å²) in [5.41, 5.74) is 0.648. The Morgan fingerprint density at radius 1 is 1.00 bits per heavy atom. The minimum absolute atomic E-state index is 0.230. The largest absolute Gasteiger partial charge is 0.384 e. The maximum atomic E-state index is 13.5. The molecule has 1 aliphatic heterocycles. The number of carbonyl (C=O) groups is 1. The number of rotatable bonds is 5. The first-order valence-corrected chi connectivity index (χ1v) is 14.3. The molecule has 0 aromatic carbocycles. The number of hydrogen-bond acceptors (Lipinski definition) is 4. The van der Waals surface area contributed by atoms with Gasteiger partial charge in [-0.3, -0.25) is 9.69 Å². The van der Waals surface area contributed by atoms with Crippen molar-refractivity contribution in [1.29, 1.82) is 0 Å². The third-order valence-electron chi connectivity index (χ3n) is 10.9. The van der Waals surface area contributed by atoms with Crippen LogP contribution in [0.1, 0.15) is 85.5 Å². The number of morpholine rings is 1. The number of carbonyl (C=O) groups excluding carboxylic acids is 1. The van der Waals surface area contributed by atoms with Crippen molar-refractivity contribution in [2.24, 2.45) is 46.3 Å². The Balaban J connectivity index is 0.00000126. The quantitative estimate of drug-likeness (QED) is 0.516. The van der Waals surface area contributed by atoms with Crippen molar-refractivity contribution in [3.63, 3.8) is 0 Å². The van der Waals surface area contributed by atoms with E-state index in [1.54, 1.807) is 0 Å². The maximum absolute atomic E-state index is 13.5. The van der Waals surface area contributed by atoms with E-state index >= 15 is 0 Å². The van der Waals surface area contributed by atoms with Crippen LogP contribution in [0.3, 0.4) is 0 Å². The van der Waals surface area contributed by atoms with E-state index in [1.165, 1.54) is 51.4 Å². The van der Waals surface area contributed by atoms with Crippen molar-refractivity contribution in [1.82, 2.24) is 4.90 Å². The topological polar surface area (TPSA) is 38.8 Å². The molecule has 4 aliphatic carbocycles. The highest BCUT2D eigenvalue weighted by molar-refractivity contribution is 5.84. The first-order valence-electron chi connectivity index (χ1n) is 14.3. The molecular formula is C29H51NO3. The van der Waals surface area contributed by atoms with Crippen LogP contribution in [0.4, 0.5) is 0 Å². The van der Waals surface area contributed by atoms with E-state index in [1.807, 2.05) is 21.0 Å². The minimum Gasteiger partial charge on any atom is -0.384 e. The van der Waals surface area contributed by atoms with Crippen molar-refractivity contribution in [2.45, 2.75) is 85.5 Å². The summed E-state index contributed by atoms with van der Waals surface area (Å²) in [5.74, 6) is 4.94. The Hall–Kier alpha value is -0.450. The van der Waals surface area contributed by atoms with Crippen molar-refractivity contribution in [3.8, 4) is 0 Å². The first-order chi connectivity index (χ1) is 16.0. The predicted octanol–water partition coefficient (Wildman–Crippen LogP) is 5.84. The monoisotopic (exact) mass is 461 g/mol. The van der Waals surface area contributed by atoms with Crippen LogP contribution in [0, 0.1) is 46.3 Å². The van der Waals surface area contributed by atoms with Crippen LogP contribution in [0.5, 0.6) is 0 Å². The van der Waals surface area contributed by atoms with E-state index in [4.69, 9.17) is 9.47 Å². The van der Waals surface area contributed by atoms with Gasteiger partial charge in [-0.25, -0.2) is 0 Å². The molecule has 4 heteroatoms. The lowest BCUT2D eigenvalue weighted by atomic mass is 9.44. The van der Waals surface area contributed by atoms with Crippen LogP contribution in [0.2, 0.25) is 0 Å². The molecule has 5 fully saturated rings. The van der Waals surface area contributed by atoms with Crippen LogP contribution in [0.25, 0.3) is 0 Å². The fourth-order valence-corrected chi connectivity index (χ4v) is 9.43. The summed E-state index contributed by atoms with van der Waals surface area (Å²) in [6, 6.07) is 0. The van der Waals surface area contributed by atoms with Crippen LogP contribution < -0.4 is 0 Å². The third kappa shape index (κ3) is 4.58. The molecule has 0 spiro atoms. The number of ether oxygens (including phenoxy) is 2. The molecule has 0 aromatic rings. The van der Waals surface area contributed by atoms with E-state index in [-0.39, 0.29) is 11.3 Å². The van der Waals surface area contributed by atoms with Gasteiger partial charge >= 0.3 is 0 Å². The van der Waals surface area contributed by atoms with Gasteiger partial charge in [-0.05, 0) is 91.8 Å². The van der Waals surface area contributed by atoms with Gasteiger partial charge < -0.3 is 9.47 Å². The lowest BCUT2D eigenvalue weighted by Crippen LogP contribution is -2.56. The van der Waals surface area contributed by atoms with Gasteiger partial charge in [0.2, 0.25) is 0 Å². The highest BCUT2D eigenvalue weighted by atomic mass is 16.5. The first kappa shape index (κ1) is 25.6. The van der Waals surface area contributed by atoms with E-state index in [0.29, 0.717) is 17.7 Å². The zero-order valence-corrected chi connectivity index (χ0v) is 22.2. The zero-order valence-electron chi connectivity index (χ0n) is 22.2. The number of methoxy groups -OCH3 is 1. The normalized spacial score (nSPS) is 45.2. The van der Waals surface area contributed by atoms with Crippen LogP contribution in [-0.4, -0.2) is 57.2 Å². The maximum Gasteiger partial charge on any atom is 0.150 e. The van der Waals surface area contributed by atoms with Gasteiger partial charge in [-0.1, -0.05) is 34.1 Å². The smallest absolute Gasteiger partial charge is 0.150 e. The Morgan fingerprint density at radius 3 is 2.48 bits per heavy atom. The molecule has 0 bridgehead atoms. The molecule has 0 aromatic heterocycles. The summed E-state index contributed by atoms with van der Waals surface area (Å²) < 4.78 is 11.4. The molecule has 5 aliphatic rings. The van der Waals surface area contributed by atoms with Crippen LogP contribution in [-0.2, 0) is 14.3 Å². The van der Waals surface area contributed by atoms with Gasteiger partial charge in [0.25, 0.3) is 0 Å². The molecule has 0 N–H and O–H groups in total. The van der Waals surface area contributed by atoms with Gasteiger partial charge in [0.1, 0.15) is 5.78 Å². The lowest BCUT2D eigenvalue weighted by molar-refractivity contribution is -0.155. The average Bonchev–Trinajstić information content (AvgIpc) is 3.19. The molecule has 5 rings (SSSR count). The van der Waals surface area contributed by atoms with Crippen molar-refractivity contribution >= 4 is 5.78 Å². The molecule has 0 radical (unpaired) electrons. The molecule has 4 saturated carbocycles. The molecule has 1 heterocycles. The van der Waals surface area contributed by atoms with Gasteiger partial charge in [0.15, 0.2) is 0 Å². The Morgan fingerprint density at radius 2 is 1.76 bits per heavy atom. The van der Waals surface area contributed by atoms with Crippen LogP contribution >= 0.6 is 0 Å². The van der Waals surface area contributed by atoms with E-state index < -0.39 is 0 Å². The van der Waals surface area contributed by atoms with Crippen molar-refractivity contribution in [3.05, 3.63) is 0 Å². The minimum atomic E-state index is 0.230. The summed E-state index contributed by atoms with van der Waals surface area (Å²) >= 11 is 0. The molecule has 8 atom stereocenters. The number of nitrogens with zero attached hydrogens (tertiary/aromatic N) is 1. The molecular weight excluding hydrogens is 410 g/mol. The Kier molecular flexibility index (Phi) is 8.28. The van der Waals surface area contributed by atoms with Gasteiger partial charge in [0.05, 0.1) is 26.4 Å². The highest BCUT2D eigenvalue weighted by Gasteiger charge is 2.62. The lowest BCUT2D eigenvalue weighted by Gasteiger charge is -2.62. The van der Waals surface area contributed by atoms with E-state index in [9.17, 15) is 4.79 Å². The molecule has 4 nitrogen and oxygen atoms in total. The Bertz CT molecular complexity index is 661. The number of hydrogen-bond donors (Lipinski definition) is 0. The summed E-state index contributed by atoms with van der Waals surface area (Å²) in [6.45, 7) is 14.0. The molecule has 190 valence electrons. The second kappa shape index (κ2) is 10.7. The number of ketones is 1. The standard InChI is InChI=1S/C27H45NO3.C2H6/c1-19-8-11-27(18-30-3)20(16-19)4-5-21-22-6-7-24(26(22,2)10-9-23(21)27)25(29)17-28-12-14-31-15-13-28;1-2/h19-24H,4-18H2,1-3H3;1-2H3. The van der Waals surface area contributed by atoms with E-state index in [0.717, 1.165) is 68.9 Å². The fourth-order valence-electron chi connectivity index (χ4n) is 9.43. The third-order valence-corrected chi connectivity index (χ3v) is 10.9. The SMILES string of the molecule is CC.COCC12CCC(C)CC1CCC1C3CCC(C(=O)CN4CCOCC4)C3(C)CCC12. The second-order valence-corrected chi connectivity index (χ2v) is 12.2. The fraction of sp³-hybridized carbons (Fsp3) is 0.966.